The molecule has 6 rings (SSSR count). The fraction of sp³-hybridized carbons (Fsp3) is 0.407. The van der Waals surface area contributed by atoms with Crippen LogP contribution in [-0.4, -0.2) is 77.2 Å². The van der Waals surface area contributed by atoms with Gasteiger partial charge in [-0.25, -0.2) is 4.52 Å². The third-order valence-corrected chi connectivity index (χ3v) is 7.95. The number of amides is 2. The number of aliphatic hydroxyl groups is 1. The Morgan fingerprint density at radius 2 is 2.00 bits per heavy atom. The van der Waals surface area contributed by atoms with Crippen molar-refractivity contribution in [3.63, 3.8) is 0 Å². The Balaban J connectivity index is 1.14. The molecule has 202 valence electrons. The maximum atomic E-state index is 13.1. The van der Waals surface area contributed by atoms with Gasteiger partial charge in [-0.15, -0.1) is 5.10 Å². The van der Waals surface area contributed by atoms with Crippen molar-refractivity contribution in [2.75, 3.05) is 30.3 Å². The smallest absolute Gasteiger partial charge is 0.278 e. The molecule has 0 radical (unpaired) electrons. The molecule has 3 unspecified atom stereocenters. The quantitative estimate of drug-likeness (QED) is 0.330. The maximum absolute atomic E-state index is 13.1. The van der Waals surface area contributed by atoms with E-state index in [2.05, 4.69) is 35.9 Å². The number of hydrogen-bond acceptors (Lipinski definition) is 8. The van der Waals surface area contributed by atoms with Gasteiger partial charge in [-0.2, -0.15) is 5.10 Å². The van der Waals surface area contributed by atoms with Crippen LogP contribution in [0.5, 0.6) is 0 Å². The summed E-state index contributed by atoms with van der Waals surface area (Å²) in [5.41, 5.74) is 4.16. The first-order chi connectivity index (χ1) is 18.9. The highest BCUT2D eigenvalue weighted by Crippen LogP contribution is 2.40. The van der Waals surface area contributed by atoms with E-state index in [-0.39, 0.29) is 36.7 Å². The molecule has 12 heteroatoms. The lowest BCUT2D eigenvalue weighted by Gasteiger charge is -2.30. The molecule has 2 amide bonds. The molecular formula is C27H31N9O3. The summed E-state index contributed by atoms with van der Waals surface area (Å²) in [6, 6.07) is 5.65. The molecule has 12 nitrogen and oxygen atoms in total. The minimum absolute atomic E-state index is 0.143. The van der Waals surface area contributed by atoms with Crippen LogP contribution in [0.15, 0.2) is 43.0 Å². The minimum Gasteiger partial charge on any atom is -0.396 e. The molecule has 0 spiro atoms. The summed E-state index contributed by atoms with van der Waals surface area (Å²) < 4.78 is 3.28. The number of carbonyl (C=O) groups excluding carboxylic acids is 2. The van der Waals surface area contributed by atoms with Crippen LogP contribution in [-0.2, 0) is 11.8 Å². The Morgan fingerprint density at radius 1 is 1.13 bits per heavy atom. The maximum Gasteiger partial charge on any atom is 0.278 e. The average molecular weight is 530 g/mol. The van der Waals surface area contributed by atoms with Gasteiger partial charge in [0.25, 0.3) is 5.91 Å². The van der Waals surface area contributed by atoms with E-state index in [1.54, 1.807) is 46.8 Å². The van der Waals surface area contributed by atoms with Gasteiger partial charge >= 0.3 is 0 Å². The van der Waals surface area contributed by atoms with E-state index in [1.807, 2.05) is 19.3 Å². The van der Waals surface area contributed by atoms with Crippen LogP contribution in [0.2, 0.25) is 0 Å². The van der Waals surface area contributed by atoms with E-state index in [9.17, 15) is 14.7 Å². The third-order valence-electron chi connectivity index (χ3n) is 7.95. The van der Waals surface area contributed by atoms with E-state index in [0.717, 1.165) is 36.9 Å². The highest BCUT2D eigenvalue weighted by Gasteiger charge is 2.43. The Hall–Kier alpha value is -4.16. The molecule has 2 aliphatic rings. The zero-order valence-corrected chi connectivity index (χ0v) is 21.9. The van der Waals surface area contributed by atoms with Gasteiger partial charge in [0, 0.05) is 55.7 Å². The molecule has 1 saturated carbocycles. The van der Waals surface area contributed by atoms with Gasteiger partial charge in [-0.05, 0) is 37.8 Å². The number of rotatable bonds is 7. The van der Waals surface area contributed by atoms with Crippen molar-refractivity contribution in [1.29, 1.82) is 0 Å². The highest BCUT2D eigenvalue weighted by molar-refractivity contribution is 6.08. The number of pyridine rings is 2. The van der Waals surface area contributed by atoms with Crippen molar-refractivity contribution >= 4 is 28.7 Å². The third kappa shape index (κ3) is 4.88. The molecule has 2 bridgehead atoms. The van der Waals surface area contributed by atoms with Crippen LogP contribution >= 0.6 is 0 Å². The van der Waals surface area contributed by atoms with Gasteiger partial charge in [0.05, 0.1) is 41.5 Å². The van der Waals surface area contributed by atoms with Crippen molar-refractivity contribution in [3.05, 3.63) is 54.4 Å². The van der Waals surface area contributed by atoms with Crippen molar-refractivity contribution in [3.8, 4) is 11.1 Å². The Kier molecular flexibility index (Phi) is 6.57. The van der Waals surface area contributed by atoms with Crippen molar-refractivity contribution in [1.82, 2.24) is 34.5 Å². The fourth-order valence-corrected chi connectivity index (χ4v) is 5.99. The van der Waals surface area contributed by atoms with Gasteiger partial charge in [0.1, 0.15) is 0 Å². The Labute approximate surface area is 225 Å². The summed E-state index contributed by atoms with van der Waals surface area (Å²) >= 11 is 0. The fourth-order valence-electron chi connectivity index (χ4n) is 5.99. The first-order valence-corrected chi connectivity index (χ1v) is 13.2. The number of anilines is 2. The molecule has 1 aliphatic heterocycles. The second-order valence-corrected chi connectivity index (χ2v) is 10.5. The zero-order chi connectivity index (χ0) is 27.1. The zero-order valence-electron chi connectivity index (χ0n) is 21.9. The number of carbonyl (C=O) groups is 2. The molecule has 2 fully saturated rings. The topological polar surface area (TPSA) is 143 Å². The summed E-state index contributed by atoms with van der Waals surface area (Å²) in [6.07, 6.45) is 10.3. The lowest BCUT2D eigenvalue weighted by Crippen LogP contribution is -2.39. The molecule has 1 aliphatic carbocycles. The Morgan fingerprint density at radius 3 is 2.77 bits per heavy atom. The summed E-state index contributed by atoms with van der Waals surface area (Å²) in [4.78, 5) is 32.6. The summed E-state index contributed by atoms with van der Waals surface area (Å²) in [5, 5.41) is 28.0. The van der Waals surface area contributed by atoms with E-state index >= 15 is 0 Å². The number of fused-ring (bicyclic) bond motifs is 3. The second-order valence-electron chi connectivity index (χ2n) is 10.5. The number of aromatic nitrogens is 6. The van der Waals surface area contributed by atoms with Crippen molar-refractivity contribution in [2.45, 2.75) is 32.2 Å². The summed E-state index contributed by atoms with van der Waals surface area (Å²) in [7, 11) is 1.85. The van der Waals surface area contributed by atoms with Crippen LogP contribution in [0, 0.1) is 18.8 Å². The van der Waals surface area contributed by atoms with E-state index in [1.165, 1.54) is 0 Å². The normalized spacial score (nSPS) is 20.8. The molecular weight excluding hydrogens is 498 g/mol. The molecule has 3 N–H and O–H groups in total. The largest absolute Gasteiger partial charge is 0.396 e. The number of nitrogens with one attached hydrogen (secondary N) is 2. The van der Waals surface area contributed by atoms with Gasteiger partial charge < -0.3 is 15.7 Å². The first kappa shape index (κ1) is 25.1. The van der Waals surface area contributed by atoms with Gasteiger partial charge in [-0.3, -0.25) is 24.2 Å². The highest BCUT2D eigenvalue weighted by atomic mass is 16.3. The molecule has 5 heterocycles. The van der Waals surface area contributed by atoms with Crippen LogP contribution in [0.1, 0.15) is 35.4 Å². The predicted molar refractivity (Wildman–Crippen MR) is 144 cm³/mol. The number of likely N-dealkylation sites (tertiary alicyclic amines) is 1. The molecule has 4 aromatic heterocycles. The molecule has 0 aromatic carbocycles. The molecule has 1 saturated heterocycles. The predicted octanol–water partition coefficient (Wildman–Crippen LogP) is 2.12. The van der Waals surface area contributed by atoms with Gasteiger partial charge in [0.15, 0.2) is 5.69 Å². The molecule has 3 atom stereocenters. The number of aryl methyl sites for hydroxylation is 2. The van der Waals surface area contributed by atoms with Crippen molar-refractivity contribution in [2.24, 2.45) is 18.9 Å². The van der Waals surface area contributed by atoms with E-state index in [4.69, 9.17) is 0 Å². The summed E-state index contributed by atoms with van der Waals surface area (Å²) in [5.74, 6) is 0.146. The Bertz CT molecular complexity index is 1540. The van der Waals surface area contributed by atoms with Gasteiger partial charge in [-0.1, -0.05) is 17.7 Å². The van der Waals surface area contributed by atoms with Gasteiger partial charge in [0.2, 0.25) is 5.91 Å². The average Bonchev–Trinajstić information content (AvgIpc) is 3.60. The number of aliphatic hydroxyl groups excluding tert-OH is 1. The molecule has 39 heavy (non-hydrogen) atoms. The van der Waals surface area contributed by atoms with Crippen LogP contribution in [0.4, 0.5) is 11.4 Å². The number of hydrogen-bond donors (Lipinski definition) is 3. The lowest BCUT2D eigenvalue weighted by molar-refractivity contribution is -0.117. The summed E-state index contributed by atoms with van der Waals surface area (Å²) in [6.45, 7) is 3.06. The minimum atomic E-state index is -0.424. The second kappa shape index (κ2) is 10.2. The van der Waals surface area contributed by atoms with Crippen molar-refractivity contribution < 1.29 is 14.7 Å². The number of nitrogens with zero attached hydrogens (tertiary/aromatic N) is 7. The van der Waals surface area contributed by atoms with E-state index < -0.39 is 5.91 Å². The standard InChI is InChI=1S/C27H31N9O3/c1-16-22(8-20(10-28-16)30-25(38)14-35-12-18-4-3-5-23(35)21(18)15-37)31-27(39)26-24-7-6-17(13-36(24)33-32-26)19-9-29-34(2)11-19/h6-11,13,18,21,23,37H,3-5,12,14-15H2,1-2H3,(H,30,38)(H,31,39). The molecule has 4 aromatic rings. The first-order valence-electron chi connectivity index (χ1n) is 13.2. The SMILES string of the molecule is Cc1ncc(NC(=O)CN2CC3CCCC2C3CO)cc1NC(=O)c1nnn2cc(-c3cnn(C)c3)ccc12. The lowest BCUT2D eigenvalue weighted by atomic mass is 9.80. The monoisotopic (exact) mass is 529 g/mol. The van der Waals surface area contributed by atoms with Crippen LogP contribution in [0.25, 0.3) is 16.6 Å². The van der Waals surface area contributed by atoms with Crippen LogP contribution in [0.3, 0.4) is 0 Å². The van der Waals surface area contributed by atoms with E-state index in [0.29, 0.717) is 28.5 Å². The van der Waals surface area contributed by atoms with Crippen LogP contribution < -0.4 is 10.6 Å².